The Morgan fingerprint density at radius 2 is 2.29 bits per heavy atom. The van der Waals surface area contributed by atoms with Crippen LogP contribution in [0.2, 0.25) is 0 Å². The number of carbonyl (C=O) groups is 2. The third kappa shape index (κ3) is 3.34. The maximum atomic E-state index is 11.8. The van der Waals surface area contributed by atoms with E-state index >= 15 is 0 Å². The summed E-state index contributed by atoms with van der Waals surface area (Å²) in [4.78, 5) is 23.0. The summed E-state index contributed by atoms with van der Waals surface area (Å²) in [5.41, 5.74) is 0.912. The molecule has 21 heavy (non-hydrogen) atoms. The molecule has 3 N–H and O–H groups in total. The summed E-state index contributed by atoms with van der Waals surface area (Å²) in [6.45, 7) is 1.27. The number of aliphatic hydroxyl groups excluding tert-OH is 1. The highest BCUT2D eigenvalue weighted by Gasteiger charge is 2.37. The van der Waals surface area contributed by atoms with Crippen LogP contribution in [0.5, 0.6) is 5.75 Å². The van der Waals surface area contributed by atoms with Crippen molar-refractivity contribution in [2.75, 3.05) is 13.2 Å². The van der Waals surface area contributed by atoms with Crippen molar-refractivity contribution in [1.29, 1.82) is 0 Å². The van der Waals surface area contributed by atoms with Crippen molar-refractivity contribution in [2.45, 2.75) is 19.3 Å². The Morgan fingerprint density at radius 3 is 2.95 bits per heavy atom. The van der Waals surface area contributed by atoms with Crippen LogP contribution in [-0.2, 0) is 16.0 Å². The predicted octanol–water partition coefficient (Wildman–Crippen LogP) is -0.705. The molecule has 0 fully saturated rings. The van der Waals surface area contributed by atoms with Crippen molar-refractivity contribution in [2.24, 2.45) is 0 Å². The minimum atomic E-state index is -1.30. The van der Waals surface area contributed by atoms with Crippen LogP contribution in [0.25, 0.3) is 0 Å². The number of amides is 1. The zero-order valence-electron chi connectivity index (χ0n) is 11.5. The lowest BCUT2D eigenvalue weighted by Gasteiger charge is -2.28. The van der Waals surface area contributed by atoms with E-state index in [2.05, 4.69) is 5.32 Å². The molecule has 112 valence electrons. The molecule has 1 aromatic rings. The van der Waals surface area contributed by atoms with E-state index in [0.717, 1.165) is 0 Å². The predicted molar refractivity (Wildman–Crippen MR) is 73.7 cm³/mol. The molecule has 0 bridgehead atoms. The molecule has 0 aromatic heterocycles. The molecule has 2 rings (SSSR count). The molecule has 1 aliphatic rings. The Hall–Kier alpha value is -2.06. The van der Waals surface area contributed by atoms with Crippen molar-refractivity contribution in [1.82, 2.24) is 5.32 Å². The number of aliphatic hydroxyl groups is 1. The van der Waals surface area contributed by atoms with Gasteiger partial charge < -0.3 is 24.8 Å². The van der Waals surface area contributed by atoms with Gasteiger partial charge in [0.1, 0.15) is 17.9 Å². The summed E-state index contributed by atoms with van der Waals surface area (Å²) in [7, 11) is -1.30. The second kappa shape index (κ2) is 6.60. The normalized spacial score (nSPS) is 16.7. The lowest BCUT2D eigenvalue weighted by Crippen LogP contribution is -2.53. The number of benzene rings is 1. The average Bonchev–Trinajstić information content (AvgIpc) is 2.47. The molecule has 1 atom stereocenters. The first kappa shape index (κ1) is 15.3. The number of rotatable bonds is 4. The van der Waals surface area contributed by atoms with Crippen LogP contribution >= 0.6 is 0 Å². The van der Waals surface area contributed by atoms with E-state index in [1.807, 2.05) is 0 Å². The first-order chi connectivity index (χ1) is 10.1. The summed E-state index contributed by atoms with van der Waals surface area (Å²) < 4.78 is 10.3. The van der Waals surface area contributed by atoms with E-state index in [-0.39, 0.29) is 24.3 Å². The number of esters is 1. The molecule has 1 heterocycles. The number of nitrogens with one attached hydrogen (secondary N) is 1. The minimum Gasteiger partial charge on any atom is -0.534 e. The van der Waals surface area contributed by atoms with Crippen LogP contribution in [-0.4, -0.2) is 48.3 Å². The number of hydrogen-bond donors (Lipinski definition) is 3. The van der Waals surface area contributed by atoms with Crippen LogP contribution in [0.15, 0.2) is 18.2 Å². The Labute approximate surface area is 122 Å². The van der Waals surface area contributed by atoms with Crippen molar-refractivity contribution in [3.05, 3.63) is 29.3 Å². The van der Waals surface area contributed by atoms with Crippen molar-refractivity contribution >= 4 is 19.0 Å². The molecule has 0 saturated carbocycles. The average molecular weight is 293 g/mol. The van der Waals surface area contributed by atoms with Gasteiger partial charge in [0.05, 0.1) is 12.5 Å². The van der Waals surface area contributed by atoms with Gasteiger partial charge in [0, 0.05) is 0 Å². The monoisotopic (exact) mass is 293 g/mol. The fraction of sp³-hybridized carbons (Fsp3) is 0.385. The topological polar surface area (TPSA) is 105 Å². The molecule has 0 spiro atoms. The van der Waals surface area contributed by atoms with Crippen molar-refractivity contribution < 1.29 is 29.1 Å². The van der Waals surface area contributed by atoms with Gasteiger partial charge in [0.15, 0.2) is 0 Å². The van der Waals surface area contributed by atoms with Gasteiger partial charge in [-0.15, -0.1) is 0 Å². The van der Waals surface area contributed by atoms with Gasteiger partial charge in [-0.1, -0.05) is 12.1 Å². The van der Waals surface area contributed by atoms with Gasteiger partial charge in [0.25, 0.3) is 0 Å². The van der Waals surface area contributed by atoms with Gasteiger partial charge in [-0.25, -0.2) is 4.79 Å². The van der Waals surface area contributed by atoms with Crippen LogP contribution in [0.4, 0.5) is 0 Å². The molecule has 8 heteroatoms. The first-order valence-corrected chi connectivity index (χ1v) is 6.60. The number of hydrogen-bond acceptors (Lipinski definition) is 6. The fourth-order valence-corrected chi connectivity index (χ4v) is 2.17. The smallest absolute Gasteiger partial charge is 0.534 e. The van der Waals surface area contributed by atoms with Gasteiger partial charge in [0.2, 0.25) is 5.91 Å². The quantitative estimate of drug-likeness (QED) is 0.500. The Morgan fingerprint density at radius 1 is 1.52 bits per heavy atom. The van der Waals surface area contributed by atoms with Crippen molar-refractivity contribution in [3.8, 4) is 5.75 Å². The van der Waals surface area contributed by atoms with E-state index < -0.39 is 31.5 Å². The summed E-state index contributed by atoms with van der Waals surface area (Å²) in [6.07, 6.45) is 0.287. The highest BCUT2D eigenvalue weighted by Crippen LogP contribution is 2.30. The maximum absolute atomic E-state index is 11.8. The van der Waals surface area contributed by atoms with E-state index in [4.69, 9.17) is 14.5 Å². The van der Waals surface area contributed by atoms with Crippen LogP contribution in [0, 0.1) is 0 Å². The highest BCUT2D eigenvalue weighted by molar-refractivity contribution is 6.47. The molecule has 0 saturated heterocycles. The second-order valence-electron chi connectivity index (χ2n) is 4.56. The Balaban J connectivity index is 2.24. The lowest BCUT2D eigenvalue weighted by atomic mass is 9.72. The standard InChI is InChI=1S/C13H16BNO6/c1-2-20-13(18)9-5-3-4-8-6-10(15-11(17)7-16)14(19)21-12(8)9/h3-5,10,16,19H,2,6-7H2,1H3,(H,15,17)/t10-/m0/s1. The first-order valence-electron chi connectivity index (χ1n) is 6.60. The van der Waals surface area contributed by atoms with Crippen LogP contribution in [0.1, 0.15) is 22.8 Å². The summed E-state index contributed by atoms with van der Waals surface area (Å²) >= 11 is 0. The van der Waals surface area contributed by atoms with Gasteiger partial charge in [-0.2, -0.15) is 0 Å². The molecule has 0 radical (unpaired) electrons. The molecule has 1 aliphatic heterocycles. The Kier molecular flexibility index (Phi) is 4.82. The zero-order chi connectivity index (χ0) is 15.4. The third-order valence-corrected chi connectivity index (χ3v) is 3.10. The molecule has 7 nitrogen and oxygen atoms in total. The molecule has 1 aromatic carbocycles. The van der Waals surface area contributed by atoms with E-state index in [1.54, 1.807) is 25.1 Å². The minimum absolute atomic E-state index is 0.236. The van der Waals surface area contributed by atoms with Gasteiger partial charge in [-0.05, 0) is 25.0 Å². The van der Waals surface area contributed by atoms with E-state index in [1.165, 1.54) is 0 Å². The molecular weight excluding hydrogens is 277 g/mol. The number of ether oxygens (including phenoxy) is 1. The number of carbonyl (C=O) groups excluding carboxylic acids is 2. The van der Waals surface area contributed by atoms with Crippen LogP contribution < -0.4 is 9.97 Å². The summed E-state index contributed by atoms with van der Waals surface area (Å²) in [5, 5.41) is 21.1. The molecule has 0 unspecified atom stereocenters. The van der Waals surface area contributed by atoms with E-state index in [9.17, 15) is 14.6 Å². The molecule has 0 aliphatic carbocycles. The number of para-hydroxylation sites is 1. The summed E-state index contributed by atoms with van der Waals surface area (Å²) in [6, 6.07) is 4.97. The lowest BCUT2D eigenvalue weighted by molar-refractivity contribution is -0.124. The Bertz CT molecular complexity index is 549. The summed E-state index contributed by atoms with van der Waals surface area (Å²) in [5.74, 6) is -1.56. The maximum Gasteiger partial charge on any atom is 0.547 e. The van der Waals surface area contributed by atoms with Crippen molar-refractivity contribution in [3.63, 3.8) is 0 Å². The zero-order valence-corrected chi connectivity index (χ0v) is 11.5. The SMILES string of the molecule is CCOC(=O)c1cccc2c1OB(O)[C@@H](NC(=O)CO)C2. The second-order valence-corrected chi connectivity index (χ2v) is 4.56. The number of fused-ring (bicyclic) bond motifs is 1. The molecule has 1 amide bonds. The third-order valence-electron chi connectivity index (χ3n) is 3.10. The van der Waals surface area contributed by atoms with E-state index in [0.29, 0.717) is 5.56 Å². The van der Waals surface area contributed by atoms with Gasteiger partial charge >= 0.3 is 13.1 Å². The van der Waals surface area contributed by atoms with Gasteiger partial charge in [-0.3, -0.25) is 4.79 Å². The fourth-order valence-electron chi connectivity index (χ4n) is 2.17. The highest BCUT2D eigenvalue weighted by atomic mass is 16.5. The molecular formula is C13H16BNO6. The van der Waals surface area contributed by atoms with Crippen LogP contribution in [0.3, 0.4) is 0 Å². The largest absolute Gasteiger partial charge is 0.547 e.